The molecule has 2 amide bonds. The van der Waals surface area contributed by atoms with Gasteiger partial charge in [-0.15, -0.1) is 0 Å². The van der Waals surface area contributed by atoms with E-state index in [1.165, 1.54) is 48.4 Å². The molecule has 5 rings (SSSR count). The Morgan fingerprint density at radius 3 is 2.17 bits per heavy atom. The third-order valence-corrected chi connectivity index (χ3v) is 7.72. The van der Waals surface area contributed by atoms with E-state index in [0.717, 1.165) is 5.56 Å². The molecular formula is C31H24N2O7S2. The second-order valence-electron chi connectivity index (χ2n) is 9.13. The van der Waals surface area contributed by atoms with Crippen LogP contribution in [-0.2, 0) is 19.7 Å². The van der Waals surface area contributed by atoms with Crippen LogP contribution in [-0.4, -0.2) is 32.5 Å². The number of amides is 2. The number of methoxy groups -OCH3 is 1. The van der Waals surface area contributed by atoms with Gasteiger partial charge in [0.15, 0.2) is 16.6 Å². The molecule has 0 aromatic heterocycles. The summed E-state index contributed by atoms with van der Waals surface area (Å²) < 4.78 is 42.0. The third-order valence-electron chi connectivity index (χ3n) is 6.18. The van der Waals surface area contributed by atoms with E-state index < -0.39 is 21.9 Å². The summed E-state index contributed by atoms with van der Waals surface area (Å²) in [6, 6.07) is 26.5. The number of thiocarbonyl (C=S) groups is 1. The molecule has 212 valence electrons. The van der Waals surface area contributed by atoms with Crippen molar-refractivity contribution in [2.45, 2.75) is 11.8 Å². The molecule has 0 saturated carbocycles. The third kappa shape index (κ3) is 6.17. The van der Waals surface area contributed by atoms with Gasteiger partial charge in [-0.3, -0.25) is 19.8 Å². The Hall–Kier alpha value is -5.00. The largest absolute Gasteiger partial charge is 0.493 e. The van der Waals surface area contributed by atoms with Crippen LogP contribution in [0.4, 0.5) is 5.69 Å². The Balaban J connectivity index is 1.38. The number of benzene rings is 4. The van der Waals surface area contributed by atoms with Crippen molar-refractivity contribution >= 4 is 51.0 Å². The van der Waals surface area contributed by atoms with Crippen LogP contribution in [0.25, 0.3) is 6.08 Å². The maximum atomic E-state index is 13.5. The number of anilines is 1. The lowest BCUT2D eigenvalue weighted by Crippen LogP contribution is -2.54. The average Bonchev–Trinajstić information content (AvgIpc) is 2.97. The molecule has 42 heavy (non-hydrogen) atoms. The quantitative estimate of drug-likeness (QED) is 0.124. The molecule has 11 heteroatoms. The molecule has 0 radical (unpaired) electrons. The Labute approximate surface area is 248 Å². The number of aryl methyl sites for hydroxylation is 1. The number of rotatable bonds is 8. The molecule has 4 aromatic carbocycles. The van der Waals surface area contributed by atoms with Gasteiger partial charge in [0.05, 0.1) is 12.8 Å². The molecule has 0 bridgehead atoms. The van der Waals surface area contributed by atoms with Crippen LogP contribution >= 0.6 is 12.2 Å². The highest BCUT2D eigenvalue weighted by Gasteiger charge is 2.34. The number of para-hydroxylation sites is 1. The Morgan fingerprint density at radius 2 is 1.50 bits per heavy atom. The van der Waals surface area contributed by atoms with Crippen molar-refractivity contribution in [2.24, 2.45) is 0 Å². The summed E-state index contributed by atoms with van der Waals surface area (Å²) in [6.07, 6.45) is 1.36. The zero-order valence-corrected chi connectivity index (χ0v) is 24.1. The van der Waals surface area contributed by atoms with Crippen LogP contribution in [0.1, 0.15) is 11.1 Å². The Bertz CT molecular complexity index is 1800. The van der Waals surface area contributed by atoms with Crippen molar-refractivity contribution in [1.82, 2.24) is 5.32 Å². The number of ether oxygens (including phenoxy) is 2. The maximum Gasteiger partial charge on any atom is 0.339 e. The molecule has 0 atom stereocenters. The zero-order valence-electron chi connectivity index (χ0n) is 22.4. The first-order valence-corrected chi connectivity index (χ1v) is 14.4. The minimum absolute atomic E-state index is 0.0125. The molecule has 1 aliphatic heterocycles. The van der Waals surface area contributed by atoms with Gasteiger partial charge in [-0.25, -0.2) is 0 Å². The van der Waals surface area contributed by atoms with Gasteiger partial charge < -0.3 is 13.7 Å². The number of hydrogen-bond donors (Lipinski definition) is 1. The van der Waals surface area contributed by atoms with Gasteiger partial charge in [0.1, 0.15) is 22.0 Å². The zero-order chi connectivity index (χ0) is 29.9. The SMILES string of the molecule is COc1cc(C=C2C(=O)NC(=S)N(c3ccc(Oc4ccccc4)cc3)C2=O)ccc1OS(=O)(=O)c1ccc(C)cc1. The monoisotopic (exact) mass is 600 g/mol. The van der Waals surface area contributed by atoms with E-state index in [1.807, 2.05) is 37.3 Å². The summed E-state index contributed by atoms with van der Waals surface area (Å²) >= 11 is 5.29. The average molecular weight is 601 g/mol. The summed E-state index contributed by atoms with van der Waals surface area (Å²) in [7, 11) is -2.78. The molecule has 1 fully saturated rings. The van der Waals surface area contributed by atoms with Gasteiger partial charge in [0.25, 0.3) is 11.8 Å². The van der Waals surface area contributed by atoms with Crippen molar-refractivity contribution in [2.75, 3.05) is 12.0 Å². The van der Waals surface area contributed by atoms with E-state index in [9.17, 15) is 18.0 Å². The van der Waals surface area contributed by atoms with Gasteiger partial charge in [-0.05, 0) is 91.4 Å². The predicted octanol–water partition coefficient (Wildman–Crippen LogP) is 5.39. The fraction of sp³-hybridized carbons (Fsp3) is 0.0645. The normalized spacial score (nSPS) is 14.5. The lowest BCUT2D eigenvalue weighted by atomic mass is 10.1. The molecule has 0 spiro atoms. The number of carbonyl (C=O) groups is 2. The van der Waals surface area contributed by atoms with Gasteiger partial charge in [0.2, 0.25) is 0 Å². The first-order chi connectivity index (χ1) is 20.1. The molecule has 1 saturated heterocycles. The Morgan fingerprint density at radius 1 is 0.833 bits per heavy atom. The molecule has 0 aliphatic carbocycles. The minimum Gasteiger partial charge on any atom is -0.493 e. The number of nitrogens with one attached hydrogen (secondary N) is 1. The van der Waals surface area contributed by atoms with Crippen LogP contribution in [0.2, 0.25) is 0 Å². The molecule has 1 N–H and O–H groups in total. The molecule has 1 heterocycles. The fourth-order valence-electron chi connectivity index (χ4n) is 4.06. The second kappa shape index (κ2) is 11.9. The van der Waals surface area contributed by atoms with Crippen LogP contribution in [0.15, 0.2) is 108 Å². The molecule has 9 nitrogen and oxygen atoms in total. The van der Waals surface area contributed by atoms with E-state index in [0.29, 0.717) is 22.7 Å². The van der Waals surface area contributed by atoms with Crippen LogP contribution in [0.3, 0.4) is 0 Å². The topological polar surface area (TPSA) is 111 Å². The van der Waals surface area contributed by atoms with Crippen molar-refractivity contribution in [3.63, 3.8) is 0 Å². The van der Waals surface area contributed by atoms with E-state index in [4.69, 9.17) is 25.9 Å². The van der Waals surface area contributed by atoms with E-state index >= 15 is 0 Å². The Kier molecular flexibility index (Phi) is 8.05. The summed E-state index contributed by atoms with van der Waals surface area (Å²) in [4.78, 5) is 27.4. The summed E-state index contributed by atoms with van der Waals surface area (Å²) in [5.41, 5.74) is 1.54. The summed E-state index contributed by atoms with van der Waals surface area (Å²) in [5.74, 6) is -0.0654. The number of carbonyl (C=O) groups excluding carboxylic acids is 2. The van der Waals surface area contributed by atoms with Crippen molar-refractivity contribution in [3.8, 4) is 23.0 Å². The minimum atomic E-state index is -4.13. The molecule has 4 aromatic rings. The maximum absolute atomic E-state index is 13.5. The predicted molar refractivity (Wildman–Crippen MR) is 161 cm³/mol. The fourth-order valence-corrected chi connectivity index (χ4v) is 5.28. The first-order valence-electron chi connectivity index (χ1n) is 12.6. The highest BCUT2D eigenvalue weighted by Crippen LogP contribution is 2.32. The van der Waals surface area contributed by atoms with Crippen molar-refractivity contribution < 1.29 is 31.7 Å². The van der Waals surface area contributed by atoms with Gasteiger partial charge >= 0.3 is 10.1 Å². The highest BCUT2D eigenvalue weighted by atomic mass is 32.2. The lowest BCUT2D eigenvalue weighted by molar-refractivity contribution is -0.122. The van der Waals surface area contributed by atoms with Crippen LogP contribution in [0.5, 0.6) is 23.0 Å². The highest BCUT2D eigenvalue weighted by molar-refractivity contribution is 7.87. The smallest absolute Gasteiger partial charge is 0.339 e. The summed E-state index contributed by atoms with van der Waals surface area (Å²) in [6.45, 7) is 1.84. The van der Waals surface area contributed by atoms with Crippen LogP contribution in [0, 0.1) is 6.92 Å². The number of hydrogen-bond acceptors (Lipinski definition) is 8. The first kappa shape index (κ1) is 28.5. The van der Waals surface area contributed by atoms with E-state index in [2.05, 4.69) is 5.32 Å². The van der Waals surface area contributed by atoms with Crippen molar-refractivity contribution in [3.05, 3.63) is 114 Å². The second-order valence-corrected chi connectivity index (χ2v) is 11.1. The lowest BCUT2D eigenvalue weighted by Gasteiger charge is -2.29. The number of nitrogens with zero attached hydrogens (tertiary/aromatic N) is 1. The van der Waals surface area contributed by atoms with Crippen molar-refractivity contribution in [1.29, 1.82) is 0 Å². The van der Waals surface area contributed by atoms with Crippen LogP contribution < -0.4 is 23.9 Å². The van der Waals surface area contributed by atoms with E-state index in [-0.39, 0.29) is 27.1 Å². The summed E-state index contributed by atoms with van der Waals surface area (Å²) in [5, 5.41) is 2.47. The van der Waals surface area contributed by atoms with Gasteiger partial charge in [-0.2, -0.15) is 8.42 Å². The molecule has 1 aliphatic rings. The molecular weight excluding hydrogens is 576 g/mol. The van der Waals surface area contributed by atoms with E-state index in [1.54, 1.807) is 36.4 Å². The molecule has 0 unspecified atom stereocenters. The van der Waals surface area contributed by atoms with Gasteiger partial charge in [0, 0.05) is 0 Å². The van der Waals surface area contributed by atoms with Gasteiger partial charge in [-0.1, -0.05) is 42.0 Å². The standard InChI is InChI=1S/C31H24N2O7S2/c1-20-8-15-25(16-9-20)42(36,37)40-27-17-10-21(19-28(27)38-2)18-26-29(34)32-31(41)33(30(26)35)22-11-13-24(14-12-22)39-23-6-4-3-5-7-23/h3-19H,1-2H3,(H,32,34,41).